The number of amides is 3. The number of nitrogens with one attached hydrogen (secondary N) is 4. The molecule has 0 aromatic carbocycles. The summed E-state index contributed by atoms with van der Waals surface area (Å²) in [5.41, 5.74) is 2.59. The minimum absolute atomic E-state index is 0.0226. The van der Waals surface area contributed by atoms with Crippen molar-refractivity contribution in [2.24, 2.45) is 0 Å². The molecule has 192 valence electrons. The van der Waals surface area contributed by atoms with Crippen molar-refractivity contribution >= 4 is 46.5 Å². The molecule has 13 nitrogen and oxygen atoms in total. The van der Waals surface area contributed by atoms with Crippen LogP contribution in [-0.4, -0.2) is 89.3 Å². The van der Waals surface area contributed by atoms with Gasteiger partial charge in [-0.25, -0.2) is 0 Å². The van der Waals surface area contributed by atoms with Gasteiger partial charge in [0.05, 0.1) is 39.5 Å². The molecule has 0 spiro atoms. The van der Waals surface area contributed by atoms with E-state index in [9.17, 15) is 19.2 Å². The summed E-state index contributed by atoms with van der Waals surface area (Å²) in [5, 5.41) is 7.45. The summed E-state index contributed by atoms with van der Waals surface area (Å²) in [6.45, 7) is 5.06. The van der Waals surface area contributed by atoms with E-state index in [0.717, 1.165) is 6.42 Å². The maximum atomic E-state index is 11.7. The fraction of sp³-hybridized carbons (Fsp3) is 0.789. The zero-order valence-electron chi connectivity index (χ0n) is 19.0. The number of carbonyl (C=O) groups is 4. The van der Waals surface area contributed by atoms with Crippen LogP contribution in [0, 0.1) is 0 Å². The van der Waals surface area contributed by atoms with Crippen LogP contribution in [0.4, 0.5) is 0 Å². The zero-order chi connectivity index (χ0) is 24.6. The highest BCUT2D eigenvalue weighted by Crippen LogP contribution is 1.91. The van der Waals surface area contributed by atoms with E-state index in [1.807, 2.05) is 0 Å². The number of ether oxygens (including phenoxy) is 3. The fourth-order valence-corrected chi connectivity index (χ4v) is 2.25. The number of hydroxylamine groups is 1. The Morgan fingerprint density at radius 3 is 1.76 bits per heavy atom. The van der Waals surface area contributed by atoms with Gasteiger partial charge in [-0.15, -0.1) is 8.21 Å². The van der Waals surface area contributed by atoms with Crippen LogP contribution in [-0.2, 0) is 41.6 Å². The number of halogens is 1. The van der Waals surface area contributed by atoms with Gasteiger partial charge >= 0.3 is 0 Å². The Hall–Kier alpha value is -1.43. The third-order valence-electron chi connectivity index (χ3n) is 3.75. The van der Waals surface area contributed by atoms with E-state index in [1.165, 1.54) is 6.92 Å². The van der Waals surface area contributed by atoms with Crippen LogP contribution in [0.3, 0.4) is 0 Å². The van der Waals surface area contributed by atoms with Crippen molar-refractivity contribution < 1.29 is 41.6 Å². The van der Waals surface area contributed by atoms with Crippen LogP contribution in [0.15, 0.2) is 0 Å². The molecule has 0 fully saturated rings. The maximum absolute atomic E-state index is 11.7. The number of rotatable bonds is 23. The third-order valence-corrected chi connectivity index (χ3v) is 3.93. The molecular weight excluding hydrogens is 555 g/mol. The molecule has 3 amide bonds. The minimum atomic E-state index is -0.459. The second-order valence-corrected chi connectivity index (χ2v) is 7.05. The molecule has 33 heavy (non-hydrogen) atoms. The molecule has 0 aliphatic carbocycles. The van der Waals surface area contributed by atoms with Crippen LogP contribution in [0.1, 0.15) is 32.6 Å². The van der Waals surface area contributed by atoms with E-state index in [1.54, 1.807) is 23.0 Å². The van der Waals surface area contributed by atoms with Crippen molar-refractivity contribution in [2.45, 2.75) is 32.6 Å². The van der Waals surface area contributed by atoms with Crippen LogP contribution >= 0.6 is 23.0 Å². The minimum Gasteiger partial charge on any atom is -0.379 e. The Balaban J connectivity index is 3.36. The summed E-state index contributed by atoms with van der Waals surface area (Å²) < 4.78 is 20.5. The molecule has 0 bridgehead atoms. The molecule has 4 N–H and O–H groups in total. The summed E-state index contributed by atoms with van der Waals surface area (Å²) in [7, 11) is 0. The molecule has 0 saturated heterocycles. The Bertz CT molecular complexity index is 555. The van der Waals surface area contributed by atoms with E-state index < -0.39 is 11.8 Å². The lowest BCUT2D eigenvalue weighted by Gasteiger charge is -2.08. The SMILES string of the molecule is CC(=O)CNC(=O)CNC(=O)CCC(=O)NCCCOCCOCCOCCCNOOI. The van der Waals surface area contributed by atoms with Gasteiger partial charge in [0.2, 0.25) is 17.7 Å². The Kier molecular flexibility index (Phi) is 22.7. The molecular formula is C19H35IN4O9. The summed E-state index contributed by atoms with van der Waals surface area (Å²) in [6, 6.07) is 0. The van der Waals surface area contributed by atoms with E-state index >= 15 is 0 Å². The number of ketones is 1. The lowest BCUT2D eigenvalue weighted by Crippen LogP contribution is -2.39. The topological polar surface area (TPSA) is 163 Å². The molecule has 0 rings (SSSR count). The standard InChI is InChI=1S/C19H35IN4O9/c1-16(25)14-22-19(28)15-23-18(27)5-4-17(26)21-6-2-8-29-10-12-31-13-11-30-9-3-7-24-33-32-20/h24H,2-15H2,1H3,(H,21,26)(H,22,28)(H,23,27). The highest BCUT2D eigenvalue weighted by Gasteiger charge is 2.08. The summed E-state index contributed by atoms with van der Waals surface area (Å²) >= 11 is 1.61. The fourth-order valence-electron chi connectivity index (χ4n) is 2.12. The summed E-state index contributed by atoms with van der Waals surface area (Å²) in [4.78, 5) is 50.0. The van der Waals surface area contributed by atoms with E-state index in [-0.39, 0.29) is 37.6 Å². The summed E-state index contributed by atoms with van der Waals surface area (Å²) in [6.07, 6.45) is 1.42. The number of hydrogen-bond acceptors (Lipinski definition) is 10. The molecule has 0 heterocycles. The van der Waals surface area contributed by atoms with Gasteiger partial charge in [-0.3, -0.25) is 19.2 Å². The first kappa shape index (κ1) is 31.6. The van der Waals surface area contributed by atoms with E-state index in [0.29, 0.717) is 59.2 Å². The van der Waals surface area contributed by atoms with Crippen molar-refractivity contribution in [3.05, 3.63) is 0 Å². The number of carbonyl (C=O) groups excluding carboxylic acids is 4. The first-order valence-electron chi connectivity index (χ1n) is 10.7. The Morgan fingerprint density at radius 2 is 1.18 bits per heavy atom. The lowest BCUT2D eigenvalue weighted by molar-refractivity contribution is -0.223. The molecule has 0 aromatic rings. The number of Topliss-reactive ketones (excluding diaryl/α,β-unsaturated/α-hetero) is 1. The van der Waals surface area contributed by atoms with Gasteiger partial charge in [0.25, 0.3) is 0 Å². The second-order valence-electron chi connectivity index (χ2n) is 6.69. The highest BCUT2D eigenvalue weighted by molar-refractivity contribution is 14.1. The molecule has 0 unspecified atom stereocenters. The molecule has 0 aliphatic heterocycles. The molecule has 14 heteroatoms. The van der Waals surface area contributed by atoms with Gasteiger partial charge in [-0.05, 0) is 19.8 Å². The van der Waals surface area contributed by atoms with Crippen LogP contribution in [0.2, 0.25) is 0 Å². The molecule has 0 aromatic heterocycles. The average molecular weight is 590 g/mol. The first-order chi connectivity index (χ1) is 16.0. The van der Waals surface area contributed by atoms with Gasteiger partial charge < -0.3 is 30.2 Å². The normalized spacial score (nSPS) is 10.6. The van der Waals surface area contributed by atoms with Gasteiger partial charge in [-0.2, -0.15) is 5.48 Å². The lowest BCUT2D eigenvalue weighted by atomic mass is 10.2. The van der Waals surface area contributed by atoms with Crippen molar-refractivity contribution in [1.29, 1.82) is 0 Å². The second kappa shape index (κ2) is 23.7. The van der Waals surface area contributed by atoms with E-state index in [2.05, 4.69) is 29.6 Å². The Morgan fingerprint density at radius 1 is 0.667 bits per heavy atom. The maximum Gasteiger partial charge on any atom is 0.239 e. The van der Waals surface area contributed by atoms with Crippen LogP contribution < -0.4 is 21.4 Å². The van der Waals surface area contributed by atoms with Gasteiger partial charge in [0, 0.05) is 39.1 Å². The molecule has 0 saturated carbocycles. The zero-order valence-corrected chi connectivity index (χ0v) is 21.1. The van der Waals surface area contributed by atoms with Crippen molar-refractivity contribution in [1.82, 2.24) is 21.4 Å². The predicted octanol–water partition coefficient (Wildman–Crippen LogP) is -0.663. The smallest absolute Gasteiger partial charge is 0.239 e. The van der Waals surface area contributed by atoms with Crippen LogP contribution in [0.25, 0.3) is 0 Å². The summed E-state index contributed by atoms with van der Waals surface area (Å²) in [5.74, 6) is -1.30. The largest absolute Gasteiger partial charge is 0.379 e. The Labute approximate surface area is 207 Å². The highest BCUT2D eigenvalue weighted by atomic mass is 127. The monoisotopic (exact) mass is 590 g/mol. The number of hydrogen-bond donors (Lipinski definition) is 4. The molecule has 0 radical (unpaired) electrons. The molecule has 0 atom stereocenters. The quantitative estimate of drug-likeness (QED) is 0.0520. The van der Waals surface area contributed by atoms with Gasteiger partial charge in [0.1, 0.15) is 5.78 Å². The predicted molar refractivity (Wildman–Crippen MR) is 125 cm³/mol. The van der Waals surface area contributed by atoms with Crippen molar-refractivity contribution in [3.63, 3.8) is 0 Å². The average Bonchev–Trinajstić information content (AvgIpc) is 2.79. The van der Waals surface area contributed by atoms with Gasteiger partial charge in [0.15, 0.2) is 23.0 Å². The molecule has 0 aliphatic rings. The first-order valence-corrected chi connectivity index (χ1v) is 11.5. The van der Waals surface area contributed by atoms with Gasteiger partial charge in [-0.1, -0.05) is 0 Å². The third kappa shape index (κ3) is 25.0. The van der Waals surface area contributed by atoms with Crippen molar-refractivity contribution in [3.8, 4) is 0 Å². The van der Waals surface area contributed by atoms with Crippen molar-refractivity contribution in [2.75, 3.05) is 65.8 Å². The van der Waals surface area contributed by atoms with Crippen LogP contribution in [0.5, 0.6) is 0 Å². The van der Waals surface area contributed by atoms with E-state index in [4.69, 9.17) is 14.2 Å².